The third-order valence-electron chi connectivity index (χ3n) is 1.81. The Hall–Kier alpha value is -0.0800. The van der Waals surface area contributed by atoms with E-state index in [1.807, 2.05) is 7.05 Å². The minimum absolute atomic E-state index is 0.153. The molecule has 0 radical (unpaired) electrons. The Labute approximate surface area is 70.2 Å². The van der Waals surface area contributed by atoms with Crippen molar-refractivity contribution in [3.05, 3.63) is 0 Å². The number of aliphatic hydroxyl groups excluding tert-OH is 1. The third kappa shape index (κ3) is 6.32. The first-order valence-corrected chi connectivity index (χ1v) is 4.42. The summed E-state index contributed by atoms with van der Waals surface area (Å²) in [6.07, 6.45) is 0.754. The van der Waals surface area contributed by atoms with E-state index in [2.05, 4.69) is 25.7 Å². The van der Waals surface area contributed by atoms with Gasteiger partial charge in [-0.2, -0.15) is 0 Å². The largest absolute Gasteiger partial charge is 0.392 e. The fourth-order valence-electron chi connectivity index (χ4n) is 1.11. The smallest absolute Gasteiger partial charge is 0.0669 e. The van der Waals surface area contributed by atoms with Crippen LogP contribution in [-0.4, -0.2) is 36.2 Å². The molecule has 0 fully saturated rings. The zero-order chi connectivity index (χ0) is 8.85. The lowest BCUT2D eigenvalue weighted by atomic mass is 10.1. The summed E-state index contributed by atoms with van der Waals surface area (Å²) < 4.78 is 0. The molecule has 1 N–H and O–H groups in total. The molecule has 2 nitrogen and oxygen atoms in total. The summed E-state index contributed by atoms with van der Waals surface area (Å²) in [7, 11) is 2.03. The van der Waals surface area contributed by atoms with Crippen molar-refractivity contribution in [2.75, 3.05) is 20.1 Å². The zero-order valence-corrected chi connectivity index (χ0v) is 8.17. The first-order chi connectivity index (χ1) is 5.06. The van der Waals surface area contributed by atoms with E-state index in [1.54, 1.807) is 0 Å². The maximum absolute atomic E-state index is 9.48. The highest BCUT2D eigenvalue weighted by Crippen LogP contribution is 2.04. The van der Waals surface area contributed by atoms with Crippen LogP contribution < -0.4 is 0 Å². The summed E-state index contributed by atoms with van der Waals surface area (Å²) in [5.41, 5.74) is 0. The predicted octanol–water partition coefficient (Wildman–Crippen LogP) is 1.35. The summed E-state index contributed by atoms with van der Waals surface area (Å²) in [6.45, 7) is 8.18. The Kier molecular flexibility index (Phi) is 5.51. The fraction of sp³-hybridized carbons (Fsp3) is 1.00. The normalized spacial score (nSPS) is 14.5. The molecule has 0 bridgehead atoms. The first-order valence-electron chi connectivity index (χ1n) is 4.42. The van der Waals surface area contributed by atoms with Crippen molar-refractivity contribution in [1.29, 1.82) is 0 Å². The topological polar surface area (TPSA) is 23.5 Å². The lowest BCUT2D eigenvalue weighted by molar-refractivity contribution is 0.108. The number of aliphatic hydroxyl groups is 1. The second-order valence-electron chi connectivity index (χ2n) is 3.64. The van der Waals surface area contributed by atoms with E-state index in [9.17, 15) is 5.11 Å². The molecule has 0 saturated carbocycles. The number of hydrogen-bond donors (Lipinski definition) is 1. The van der Waals surface area contributed by atoms with Crippen molar-refractivity contribution in [1.82, 2.24) is 4.90 Å². The SMILES string of the molecule is CCN(C)CC(O)CC(C)C. The average Bonchev–Trinajstić information content (AvgIpc) is 1.85. The summed E-state index contributed by atoms with van der Waals surface area (Å²) in [5.74, 6) is 0.593. The second kappa shape index (κ2) is 5.56. The number of likely N-dealkylation sites (N-methyl/N-ethyl adjacent to an activating group) is 1. The van der Waals surface area contributed by atoms with Crippen LogP contribution in [0.5, 0.6) is 0 Å². The van der Waals surface area contributed by atoms with Gasteiger partial charge in [-0.1, -0.05) is 20.8 Å². The Balaban J connectivity index is 3.43. The van der Waals surface area contributed by atoms with Crippen molar-refractivity contribution >= 4 is 0 Å². The van der Waals surface area contributed by atoms with Crippen molar-refractivity contribution < 1.29 is 5.11 Å². The van der Waals surface area contributed by atoms with Gasteiger partial charge in [0, 0.05) is 6.54 Å². The van der Waals surface area contributed by atoms with Gasteiger partial charge in [-0.15, -0.1) is 0 Å². The Morgan fingerprint density at radius 1 is 1.36 bits per heavy atom. The first kappa shape index (κ1) is 10.9. The van der Waals surface area contributed by atoms with E-state index < -0.39 is 0 Å². The van der Waals surface area contributed by atoms with Gasteiger partial charge < -0.3 is 10.0 Å². The van der Waals surface area contributed by atoms with E-state index in [0.717, 1.165) is 19.5 Å². The van der Waals surface area contributed by atoms with Gasteiger partial charge in [-0.05, 0) is 25.9 Å². The average molecular weight is 159 g/mol. The van der Waals surface area contributed by atoms with Gasteiger partial charge in [-0.25, -0.2) is 0 Å². The molecule has 11 heavy (non-hydrogen) atoms. The van der Waals surface area contributed by atoms with Crippen LogP contribution in [0, 0.1) is 5.92 Å². The minimum atomic E-state index is -0.153. The molecule has 0 rings (SSSR count). The minimum Gasteiger partial charge on any atom is -0.392 e. The molecule has 0 aliphatic carbocycles. The Morgan fingerprint density at radius 3 is 2.27 bits per heavy atom. The standard InChI is InChI=1S/C9H21NO/c1-5-10(4)7-9(11)6-8(2)3/h8-9,11H,5-7H2,1-4H3. The van der Waals surface area contributed by atoms with Crippen LogP contribution in [0.25, 0.3) is 0 Å². The van der Waals surface area contributed by atoms with Crippen LogP contribution in [0.3, 0.4) is 0 Å². The maximum Gasteiger partial charge on any atom is 0.0669 e. The van der Waals surface area contributed by atoms with Crippen molar-refractivity contribution in [3.8, 4) is 0 Å². The summed E-state index contributed by atoms with van der Waals surface area (Å²) >= 11 is 0. The van der Waals surface area contributed by atoms with Crippen LogP contribution >= 0.6 is 0 Å². The summed E-state index contributed by atoms with van der Waals surface area (Å²) in [4.78, 5) is 2.13. The predicted molar refractivity (Wildman–Crippen MR) is 48.6 cm³/mol. The quantitative estimate of drug-likeness (QED) is 0.654. The van der Waals surface area contributed by atoms with Gasteiger partial charge >= 0.3 is 0 Å². The van der Waals surface area contributed by atoms with E-state index in [4.69, 9.17) is 0 Å². The van der Waals surface area contributed by atoms with Crippen molar-refractivity contribution in [2.24, 2.45) is 5.92 Å². The molecular formula is C9H21NO. The molecule has 0 saturated heterocycles. The van der Waals surface area contributed by atoms with Gasteiger partial charge in [0.15, 0.2) is 0 Å². The highest BCUT2D eigenvalue weighted by molar-refractivity contribution is 4.61. The van der Waals surface area contributed by atoms with E-state index in [0.29, 0.717) is 5.92 Å². The number of hydrogen-bond acceptors (Lipinski definition) is 2. The monoisotopic (exact) mass is 159 g/mol. The van der Waals surface area contributed by atoms with E-state index in [-0.39, 0.29) is 6.10 Å². The molecule has 0 aromatic carbocycles. The van der Waals surface area contributed by atoms with Gasteiger partial charge in [0.25, 0.3) is 0 Å². The lowest BCUT2D eigenvalue weighted by Crippen LogP contribution is -2.29. The van der Waals surface area contributed by atoms with Crippen molar-refractivity contribution in [2.45, 2.75) is 33.3 Å². The highest BCUT2D eigenvalue weighted by Gasteiger charge is 2.08. The fourth-order valence-corrected chi connectivity index (χ4v) is 1.11. The highest BCUT2D eigenvalue weighted by atomic mass is 16.3. The molecule has 0 spiro atoms. The maximum atomic E-state index is 9.48. The molecule has 1 unspecified atom stereocenters. The lowest BCUT2D eigenvalue weighted by Gasteiger charge is -2.19. The zero-order valence-electron chi connectivity index (χ0n) is 8.17. The van der Waals surface area contributed by atoms with Gasteiger partial charge in [0.2, 0.25) is 0 Å². The molecular weight excluding hydrogens is 138 g/mol. The number of rotatable bonds is 5. The Morgan fingerprint density at radius 2 is 1.91 bits per heavy atom. The molecule has 0 aliphatic heterocycles. The van der Waals surface area contributed by atoms with Crippen molar-refractivity contribution in [3.63, 3.8) is 0 Å². The molecule has 68 valence electrons. The van der Waals surface area contributed by atoms with Crippen LogP contribution in [0.1, 0.15) is 27.2 Å². The van der Waals surface area contributed by atoms with Crippen LogP contribution in [0.15, 0.2) is 0 Å². The molecule has 0 amide bonds. The van der Waals surface area contributed by atoms with Gasteiger partial charge in [-0.3, -0.25) is 0 Å². The van der Waals surface area contributed by atoms with Gasteiger partial charge in [0.05, 0.1) is 6.10 Å². The molecule has 0 aromatic heterocycles. The Bertz CT molecular complexity index is 93.6. The molecule has 0 aromatic rings. The summed E-state index contributed by atoms with van der Waals surface area (Å²) in [5, 5.41) is 9.48. The second-order valence-corrected chi connectivity index (χ2v) is 3.64. The number of nitrogens with zero attached hydrogens (tertiary/aromatic N) is 1. The third-order valence-corrected chi connectivity index (χ3v) is 1.81. The molecule has 0 aliphatic rings. The van der Waals surface area contributed by atoms with Crippen LogP contribution in [0.4, 0.5) is 0 Å². The summed E-state index contributed by atoms with van der Waals surface area (Å²) in [6, 6.07) is 0. The molecule has 1 atom stereocenters. The van der Waals surface area contributed by atoms with Gasteiger partial charge in [0.1, 0.15) is 0 Å². The molecule has 0 heterocycles. The molecule has 2 heteroatoms. The van der Waals surface area contributed by atoms with E-state index in [1.165, 1.54) is 0 Å². The van der Waals surface area contributed by atoms with Crippen LogP contribution in [-0.2, 0) is 0 Å². The van der Waals surface area contributed by atoms with Crippen LogP contribution in [0.2, 0.25) is 0 Å². The van der Waals surface area contributed by atoms with E-state index >= 15 is 0 Å².